The highest BCUT2D eigenvalue weighted by atomic mass is 32.1. The van der Waals surface area contributed by atoms with Crippen LogP contribution < -0.4 is 10.6 Å². The predicted molar refractivity (Wildman–Crippen MR) is 91.4 cm³/mol. The zero-order valence-corrected chi connectivity index (χ0v) is 13.7. The smallest absolute Gasteiger partial charge is 0.269 e. The number of hydrogen-bond acceptors (Lipinski definition) is 5. The molecule has 0 aliphatic heterocycles. The number of nitrogens with one attached hydrogen (secondary N) is 2. The van der Waals surface area contributed by atoms with Crippen molar-refractivity contribution in [3.8, 4) is 10.4 Å². The van der Waals surface area contributed by atoms with Crippen LogP contribution in [0.3, 0.4) is 0 Å². The van der Waals surface area contributed by atoms with E-state index in [9.17, 15) is 14.9 Å². The fraction of sp³-hybridized carbons (Fsp3) is 0.312. The number of rotatable bonds is 8. The Morgan fingerprint density at radius 3 is 2.57 bits per heavy atom. The third-order valence-corrected chi connectivity index (χ3v) is 4.36. The average Bonchev–Trinajstić information content (AvgIpc) is 2.99. The number of nitrogens with zero attached hydrogens (tertiary/aromatic N) is 1. The van der Waals surface area contributed by atoms with Gasteiger partial charge >= 0.3 is 0 Å². The standard InChI is InChI=1S/C16H19N3O3S/c1-12(20)18-10-2-9-17-11-15-7-8-16(23-15)13-3-5-14(6-4-13)19(21)22/h3-8,17H,2,9-11H2,1H3,(H,18,20). The van der Waals surface area contributed by atoms with E-state index in [0.29, 0.717) is 6.54 Å². The highest BCUT2D eigenvalue weighted by Crippen LogP contribution is 2.29. The molecule has 0 aliphatic carbocycles. The molecule has 0 saturated carbocycles. The van der Waals surface area contributed by atoms with E-state index < -0.39 is 4.92 Å². The van der Waals surface area contributed by atoms with Crippen molar-refractivity contribution in [2.24, 2.45) is 0 Å². The molecule has 0 bridgehead atoms. The Bertz CT molecular complexity index is 667. The molecule has 0 unspecified atom stereocenters. The van der Waals surface area contributed by atoms with Gasteiger partial charge in [0.2, 0.25) is 5.91 Å². The third-order valence-electron chi connectivity index (χ3n) is 3.23. The number of nitro groups is 1. The monoisotopic (exact) mass is 333 g/mol. The van der Waals surface area contributed by atoms with Crippen LogP contribution in [0.25, 0.3) is 10.4 Å². The fourth-order valence-electron chi connectivity index (χ4n) is 2.06. The van der Waals surface area contributed by atoms with Gasteiger partial charge in [-0.2, -0.15) is 0 Å². The minimum Gasteiger partial charge on any atom is -0.356 e. The highest BCUT2D eigenvalue weighted by Gasteiger charge is 2.07. The van der Waals surface area contributed by atoms with Gasteiger partial charge in [-0.15, -0.1) is 11.3 Å². The second-order valence-corrected chi connectivity index (χ2v) is 6.25. The number of amides is 1. The van der Waals surface area contributed by atoms with Gasteiger partial charge in [0.15, 0.2) is 0 Å². The van der Waals surface area contributed by atoms with Crippen LogP contribution in [0.15, 0.2) is 36.4 Å². The molecule has 0 saturated heterocycles. The lowest BCUT2D eigenvalue weighted by molar-refractivity contribution is -0.384. The molecule has 0 radical (unpaired) electrons. The summed E-state index contributed by atoms with van der Waals surface area (Å²) in [6, 6.07) is 10.7. The van der Waals surface area contributed by atoms with Crippen LogP contribution in [-0.4, -0.2) is 23.9 Å². The van der Waals surface area contributed by atoms with Crippen molar-refractivity contribution in [3.63, 3.8) is 0 Å². The quantitative estimate of drug-likeness (QED) is 0.442. The Labute approximate surface area is 138 Å². The van der Waals surface area contributed by atoms with Gasteiger partial charge in [-0.05, 0) is 42.8 Å². The summed E-state index contributed by atoms with van der Waals surface area (Å²) in [6.45, 7) is 3.81. The SMILES string of the molecule is CC(=O)NCCCNCc1ccc(-c2ccc([N+](=O)[O-])cc2)s1. The lowest BCUT2D eigenvalue weighted by Crippen LogP contribution is -2.24. The molecule has 1 heterocycles. The molecule has 1 aromatic heterocycles. The minimum atomic E-state index is -0.394. The summed E-state index contributed by atoms with van der Waals surface area (Å²) in [5.74, 6) is -0.00371. The second-order valence-electron chi connectivity index (χ2n) is 5.08. The summed E-state index contributed by atoms with van der Waals surface area (Å²) < 4.78 is 0. The molecule has 1 aromatic carbocycles. The van der Waals surface area contributed by atoms with Gasteiger partial charge in [-0.1, -0.05) is 0 Å². The van der Waals surface area contributed by atoms with Crippen LogP contribution in [0.2, 0.25) is 0 Å². The average molecular weight is 333 g/mol. The van der Waals surface area contributed by atoms with E-state index in [4.69, 9.17) is 0 Å². The van der Waals surface area contributed by atoms with Gasteiger partial charge in [0.05, 0.1) is 4.92 Å². The van der Waals surface area contributed by atoms with Crippen molar-refractivity contribution in [3.05, 3.63) is 51.4 Å². The number of non-ortho nitro benzene ring substituents is 1. The molecule has 0 aliphatic rings. The molecule has 2 aromatic rings. The molecular formula is C16H19N3O3S. The number of benzene rings is 1. The Morgan fingerprint density at radius 1 is 1.17 bits per heavy atom. The first-order chi connectivity index (χ1) is 11.1. The van der Waals surface area contributed by atoms with E-state index in [2.05, 4.69) is 16.7 Å². The van der Waals surface area contributed by atoms with Crippen LogP contribution in [0.5, 0.6) is 0 Å². The first-order valence-electron chi connectivity index (χ1n) is 7.35. The largest absolute Gasteiger partial charge is 0.356 e. The molecule has 0 spiro atoms. The van der Waals surface area contributed by atoms with Crippen molar-refractivity contribution in [2.45, 2.75) is 19.9 Å². The Morgan fingerprint density at radius 2 is 1.91 bits per heavy atom. The second kappa shape index (κ2) is 8.40. The molecule has 0 atom stereocenters. The zero-order valence-electron chi connectivity index (χ0n) is 12.9. The van der Waals surface area contributed by atoms with Crippen LogP contribution >= 0.6 is 11.3 Å². The normalized spacial score (nSPS) is 10.5. The summed E-state index contributed by atoms with van der Waals surface area (Å²) in [5.41, 5.74) is 1.09. The van der Waals surface area contributed by atoms with E-state index in [1.807, 2.05) is 6.07 Å². The van der Waals surface area contributed by atoms with Gasteiger partial charge in [0, 0.05) is 41.9 Å². The van der Waals surface area contributed by atoms with Crippen molar-refractivity contribution in [1.29, 1.82) is 0 Å². The highest BCUT2D eigenvalue weighted by molar-refractivity contribution is 7.15. The molecule has 122 valence electrons. The summed E-state index contributed by atoms with van der Waals surface area (Å²) in [5, 5.41) is 16.8. The first-order valence-corrected chi connectivity index (χ1v) is 8.16. The minimum absolute atomic E-state index is 0.00371. The van der Waals surface area contributed by atoms with Gasteiger partial charge in [0.1, 0.15) is 0 Å². The number of thiophene rings is 1. The summed E-state index contributed by atoms with van der Waals surface area (Å²) in [4.78, 5) is 23.3. The van der Waals surface area contributed by atoms with Crippen LogP contribution in [-0.2, 0) is 11.3 Å². The van der Waals surface area contributed by atoms with Crippen LogP contribution in [0.4, 0.5) is 5.69 Å². The van der Waals surface area contributed by atoms with Crippen LogP contribution in [0.1, 0.15) is 18.2 Å². The van der Waals surface area contributed by atoms with E-state index in [1.54, 1.807) is 23.5 Å². The lowest BCUT2D eigenvalue weighted by Gasteiger charge is -2.03. The zero-order chi connectivity index (χ0) is 16.7. The van der Waals surface area contributed by atoms with E-state index in [0.717, 1.165) is 30.0 Å². The maximum absolute atomic E-state index is 10.7. The van der Waals surface area contributed by atoms with E-state index in [1.165, 1.54) is 23.9 Å². The molecule has 6 nitrogen and oxygen atoms in total. The number of carbonyl (C=O) groups is 1. The summed E-state index contributed by atoms with van der Waals surface area (Å²) >= 11 is 1.67. The van der Waals surface area contributed by atoms with Crippen molar-refractivity contribution >= 4 is 22.9 Å². The Balaban J connectivity index is 1.81. The molecule has 23 heavy (non-hydrogen) atoms. The molecule has 0 fully saturated rings. The summed E-state index contributed by atoms with van der Waals surface area (Å²) in [7, 11) is 0. The van der Waals surface area contributed by atoms with Crippen LogP contribution in [0, 0.1) is 10.1 Å². The molecule has 2 N–H and O–H groups in total. The van der Waals surface area contributed by atoms with Gasteiger partial charge in [-0.3, -0.25) is 14.9 Å². The Kier molecular flexibility index (Phi) is 6.25. The number of nitro benzene ring substituents is 1. The van der Waals surface area contributed by atoms with Gasteiger partial charge < -0.3 is 10.6 Å². The molecule has 7 heteroatoms. The summed E-state index contributed by atoms with van der Waals surface area (Å²) in [6.07, 6.45) is 0.889. The maximum atomic E-state index is 10.7. The molecule has 1 amide bonds. The number of hydrogen-bond donors (Lipinski definition) is 2. The van der Waals surface area contributed by atoms with Gasteiger partial charge in [0.25, 0.3) is 5.69 Å². The lowest BCUT2D eigenvalue weighted by atomic mass is 10.2. The van der Waals surface area contributed by atoms with E-state index >= 15 is 0 Å². The van der Waals surface area contributed by atoms with Gasteiger partial charge in [-0.25, -0.2) is 0 Å². The maximum Gasteiger partial charge on any atom is 0.269 e. The first kappa shape index (κ1) is 17.1. The molecular weight excluding hydrogens is 314 g/mol. The van der Waals surface area contributed by atoms with E-state index in [-0.39, 0.29) is 11.6 Å². The van der Waals surface area contributed by atoms with Crippen molar-refractivity contribution in [1.82, 2.24) is 10.6 Å². The van der Waals surface area contributed by atoms with Crippen molar-refractivity contribution in [2.75, 3.05) is 13.1 Å². The Hall–Kier alpha value is -2.25. The van der Waals surface area contributed by atoms with Crippen molar-refractivity contribution < 1.29 is 9.72 Å². The fourth-order valence-corrected chi connectivity index (χ4v) is 3.05. The third kappa shape index (κ3) is 5.46. The predicted octanol–water partition coefficient (Wildman–Crippen LogP) is 2.94. The number of carbonyl (C=O) groups excluding carboxylic acids is 1. The topological polar surface area (TPSA) is 84.3 Å². The molecule has 2 rings (SSSR count).